The van der Waals surface area contributed by atoms with Crippen molar-refractivity contribution in [2.75, 3.05) is 36.0 Å². The molecule has 5 rings (SSSR count). The standard InChI is InChI=1S/C19H20N6O/c1-13-6-17(21-12-20-13)23-8-14-10-24(11-15(14)9-23)18-7-19(26)25-5-3-2-4-16(25)22-18/h2-7,12,14-15H,8-11H2,1H3. The third kappa shape index (κ3) is 2.51. The molecule has 0 bridgehead atoms. The number of aromatic nitrogens is 4. The van der Waals surface area contributed by atoms with Gasteiger partial charge in [0.15, 0.2) is 0 Å². The van der Waals surface area contributed by atoms with E-state index in [1.807, 2.05) is 31.2 Å². The highest BCUT2D eigenvalue weighted by atomic mass is 16.1. The Balaban J connectivity index is 1.36. The fourth-order valence-electron chi connectivity index (χ4n) is 4.18. The first-order valence-corrected chi connectivity index (χ1v) is 8.94. The van der Waals surface area contributed by atoms with E-state index in [4.69, 9.17) is 0 Å². The van der Waals surface area contributed by atoms with Crippen molar-refractivity contribution in [1.29, 1.82) is 0 Å². The molecule has 7 nitrogen and oxygen atoms in total. The van der Waals surface area contributed by atoms with Gasteiger partial charge in [-0.05, 0) is 19.1 Å². The van der Waals surface area contributed by atoms with Crippen LogP contribution in [-0.4, -0.2) is 45.5 Å². The van der Waals surface area contributed by atoms with Crippen LogP contribution in [0.3, 0.4) is 0 Å². The Kier molecular flexibility index (Phi) is 3.41. The Morgan fingerprint density at radius 3 is 2.42 bits per heavy atom. The fraction of sp³-hybridized carbons (Fsp3) is 0.368. The monoisotopic (exact) mass is 348 g/mol. The average Bonchev–Trinajstić information content (AvgIpc) is 3.21. The van der Waals surface area contributed by atoms with Gasteiger partial charge in [-0.1, -0.05) is 6.07 Å². The highest BCUT2D eigenvalue weighted by molar-refractivity contribution is 5.50. The quantitative estimate of drug-likeness (QED) is 0.697. The zero-order valence-corrected chi connectivity index (χ0v) is 14.6. The molecule has 0 N–H and O–H groups in total. The lowest BCUT2D eigenvalue weighted by atomic mass is 10.0. The second kappa shape index (κ2) is 5.79. The number of hydrogen-bond donors (Lipinski definition) is 0. The van der Waals surface area contributed by atoms with Crippen molar-refractivity contribution in [3.63, 3.8) is 0 Å². The largest absolute Gasteiger partial charge is 0.356 e. The normalized spacial score (nSPS) is 22.2. The molecule has 7 heteroatoms. The van der Waals surface area contributed by atoms with Gasteiger partial charge in [-0.15, -0.1) is 0 Å². The molecule has 0 spiro atoms. The minimum absolute atomic E-state index is 0.0271. The lowest BCUT2D eigenvalue weighted by molar-refractivity contribution is 0.533. The first-order chi connectivity index (χ1) is 12.7. The molecule has 3 aromatic heterocycles. The van der Waals surface area contributed by atoms with Crippen molar-refractivity contribution in [2.45, 2.75) is 6.92 Å². The van der Waals surface area contributed by atoms with Crippen LogP contribution in [0.1, 0.15) is 5.69 Å². The maximum absolute atomic E-state index is 12.3. The molecule has 0 aromatic carbocycles. The van der Waals surface area contributed by atoms with E-state index in [1.54, 1.807) is 23.0 Å². The number of anilines is 2. The smallest absolute Gasteiger partial charge is 0.259 e. The van der Waals surface area contributed by atoms with Crippen molar-refractivity contribution in [3.05, 3.63) is 58.9 Å². The predicted molar refractivity (Wildman–Crippen MR) is 99.6 cm³/mol. The summed E-state index contributed by atoms with van der Waals surface area (Å²) >= 11 is 0. The van der Waals surface area contributed by atoms with Crippen molar-refractivity contribution >= 4 is 17.3 Å². The highest BCUT2D eigenvalue weighted by Gasteiger charge is 2.41. The van der Waals surface area contributed by atoms with Gasteiger partial charge in [0, 0.05) is 62.0 Å². The van der Waals surface area contributed by atoms with E-state index in [1.165, 1.54) is 0 Å². The van der Waals surface area contributed by atoms with Crippen LogP contribution in [0.25, 0.3) is 5.65 Å². The van der Waals surface area contributed by atoms with Gasteiger partial charge >= 0.3 is 0 Å². The van der Waals surface area contributed by atoms with Crippen molar-refractivity contribution < 1.29 is 0 Å². The van der Waals surface area contributed by atoms with Gasteiger partial charge in [0.05, 0.1) is 0 Å². The molecule has 0 saturated carbocycles. The van der Waals surface area contributed by atoms with Gasteiger partial charge in [-0.25, -0.2) is 15.0 Å². The molecule has 26 heavy (non-hydrogen) atoms. The molecule has 2 atom stereocenters. The van der Waals surface area contributed by atoms with Gasteiger partial charge in [0.2, 0.25) is 0 Å². The zero-order chi connectivity index (χ0) is 17.7. The molecular weight excluding hydrogens is 328 g/mol. The van der Waals surface area contributed by atoms with Crippen LogP contribution in [0.4, 0.5) is 11.6 Å². The first-order valence-electron chi connectivity index (χ1n) is 8.94. The summed E-state index contributed by atoms with van der Waals surface area (Å²) in [5.41, 5.74) is 1.67. The number of hydrogen-bond acceptors (Lipinski definition) is 6. The second-order valence-corrected chi connectivity index (χ2v) is 7.23. The number of fused-ring (bicyclic) bond motifs is 2. The SMILES string of the molecule is Cc1cc(N2CC3CN(c4cc(=O)n5ccccc5n4)CC3C2)ncn1. The van der Waals surface area contributed by atoms with Crippen LogP contribution in [0, 0.1) is 18.8 Å². The van der Waals surface area contributed by atoms with E-state index < -0.39 is 0 Å². The van der Waals surface area contributed by atoms with Crippen molar-refractivity contribution in [1.82, 2.24) is 19.4 Å². The number of pyridine rings is 1. The molecule has 2 fully saturated rings. The fourth-order valence-corrected chi connectivity index (χ4v) is 4.18. The molecule has 2 saturated heterocycles. The third-order valence-electron chi connectivity index (χ3n) is 5.48. The molecule has 5 heterocycles. The minimum Gasteiger partial charge on any atom is -0.356 e. The second-order valence-electron chi connectivity index (χ2n) is 7.23. The Morgan fingerprint density at radius 2 is 1.69 bits per heavy atom. The highest BCUT2D eigenvalue weighted by Crippen LogP contribution is 2.34. The van der Waals surface area contributed by atoms with E-state index in [9.17, 15) is 4.79 Å². The summed E-state index contributed by atoms with van der Waals surface area (Å²) in [6.07, 6.45) is 3.40. The summed E-state index contributed by atoms with van der Waals surface area (Å²) in [5.74, 6) is 2.95. The van der Waals surface area contributed by atoms with E-state index in [0.717, 1.165) is 43.5 Å². The Hall–Kier alpha value is -2.96. The summed E-state index contributed by atoms with van der Waals surface area (Å²) in [4.78, 5) is 30.2. The maximum Gasteiger partial charge on any atom is 0.259 e. The molecule has 0 aliphatic carbocycles. The van der Waals surface area contributed by atoms with Crippen LogP contribution < -0.4 is 15.4 Å². The van der Waals surface area contributed by atoms with Crippen molar-refractivity contribution in [2.24, 2.45) is 11.8 Å². The molecular formula is C19H20N6O. The summed E-state index contributed by atoms with van der Waals surface area (Å²) in [7, 11) is 0. The van der Waals surface area contributed by atoms with E-state index in [0.29, 0.717) is 17.5 Å². The maximum atomic E-state index is 12.3. The van der Waals surface area contributed by atoms with Gasteiger partial charge in [-0.2, -0.15) is 0 Å². The number of rotatable bonds is 2. The van der Waals surface area contributed by atoms with Gasteiger partial charge in [0.1, 0.15) is 23.6 Å². The Labute approximate surface area is 151 Å². The summed E-state index contributed by atoms with van der Waals surface area (Å²) in [5, 5.41) is 0. The predicted octanol–water partition coefficient (Wildman–Crippen LogP) is 1.37. The van der Waals surface area contributed by atoms with Crippen LogP contribution in [0.5, 0.6) is 0 Å². The van der Waals surface area contributed by atoms with E-state index >= 15 is 0 Å². The van der Waals surface area contributed by atoms with Crippen LogP contribution in [-0.2, 0) is 0 Å². The Bertz CT molecular complexity index is 1020. The van der Waals surface area contributed by atoms with E-state index in [2.05, 4.69) is 24.8 Å². The lowest BCUT2D eigenvalue weighted by Crippen LogP contribution is -2.30. The van der Waals surface area contributed by atoms with Gasteiger partial charge in [-0.3, -0.25) is 9.20 Å². The van der Waals surface area contributed by atoms with Gasteiger partial charge in [0.25, 0.3) is 5.56 Å². The van der Waals surface area contributed by atoms with Crippen molar-refractivity contribution in [3.8, 4) is 0 Å². The number of aryl methyl sites for hydroxylation is 1. The Morgan fingerprint density at radius 1 is 0.962 bits per heavy atom. The summed E-state index contributed by atoms with van der Waals surface area (Å²) in [6, 6.07) is 9.33. The minimum atomic E-state index is -0.0271. The molecule has 132 valence electrons. The summed E-state index contributed by atoms with van der Waals surface area (Å²) in [6.45, 7) is 5.84. The summed E-state index contributed by atoms with van der Waals surface area (Å²) < 4.78 is 1.58. The molecule has 2 unspecified atom stereocenters. The number of nitrogens with zero attached hydrogens (tertiary/aromatic N) is 6. The zero-order valence-electron chi connectivity index (χ0n) is 14.6. The van der Waals surface area contributed by atoms with E-state index in [-0.39, 0.29) is 5.56 Å². The van der Waals surface area contributed by atoms with Crippen LogP contribution in [0.15, 0.2) is 47.7 Å². The lowest BCUT2D eigenvalue weighted by Gasteiger charge is -2.23. The molecule has 0 amide bonds. The molecule has 2 aliphatic rings. The average molecular weight is 348 g/mol. The van der Waals surface area contributed by atoms with Gasteiger partial charge < -0.3 is 9.80 Å². The molecule has 2 aliphatic heterocycles. The third-order valence-corrected chi connectivity index (χ3v) is 5.48. The van der Waals surface area contributed by atoms with Crippen LogP contribution >= 0.6 is 0 Å². The molecule has 0 radical (unpaired) electrons. The first kappa shape index (κ1) is 15.3. The molecule has 3 aromatic rings. The van der Waals surface area contributed by atoms with Crippen LogP contribution in [0.2, 0.25) is 0 Å². The topological polar surface area (TPSA) is 66.6 Å².